The van der Waals surface area contributed by atoms with Crippen molar-refractivity contribution in [3.8, 4) is 11.5 Å². The number of ether oxygens (including phenoxy) is 1. The molecule has 45 heavy (non-hydrogen) atoms. The molecule has 0 aromatic heterocycles. The van der Waals surface area contributed by atoms with Crippen molar-refractivity contribution in [3.05, 3.63) is 54.1 Å². The number of rotatable bonds is 11. The van der Waals surface area contributed by atoms with E-state index in [4.69, 9.17) is 4.74 Å². The van der Waals surface area contributed by atoms with E-state index in [-0.39, 0.29) is 24.2 Å². The summed E-state index contributed by atoms with van der Waals surface area (Å²) < 4.78 is 31.2. The molecule has 248 valence electrons. The molecule has 1 spiro atoms. The van der Waals surface area contributed by atoms with Crippen LogP contribution in [-0.2, 0) is 26.2 Å². The maximum absolute atomic E-state index is 13.8. The third-order valence-corrected chi connectivity index (χ3v) is 9.92. The van der Waals surface area contributed by atoms with Gasteiger partial charge in [-0.25, -0.2) is 8.42 Å². The maximum Gasteiger partial charge on any atom is 0.246 e. The predicted octanol–water partition coefficient (Wildman–Crippen LogP) is 4.82. The summed E-state index contributed by atoms with van der Waals surface area (Å²) in [5, 5.41) is 14.2. The van der Waals surface area contributed by atoms with Crippen LogP contribution in [-0.4, -0.2) is 78.2 Å². The Morgan fingerprint density at radius 2 is 1.56 bits per heavy atom. The largest absolute Gasteiger partial charge is 0.457 e. The van der Waals surface area contributed by atoms with Crippen molar-refractivity contribution >= 4 is 39.9 Å². The van der Waals surface area contributed by atoms with Gasteiger partial charge in [-0.3, -0.25) is 19.2 Å². The molecule has 2 aromatic carbocycles. The molecule has 2 amide bonds. The fourth-order valence-corrected chi connectivity index (χ4v) is 7.45. The molecular weight excluding hydrogens is 616 g/mol. The zero-order chi connectivity index (χ0) is 31.4. The molecule has 2 saturated heterocycles. The first-order valence-electron chi connectivity index (χ1n) is 15.9. The highest BCUT2D eigenvalue weighted by Gasteiger charge is 2.54. The topological polar surface area (TPSA) is 128 Å². The van der Waals surface area contributed by atoms with Crippen molar-refractivity contribution in [1.29, 1.82) is 0 Å². The summed E-state index contributed by atoms with van der Waals surface area (Å²) >= 11 is 0. The molecule has 1 aliphatic carbocycles. The van der Waals surface area contributed by atoms with Gasteiger partial charge < -0.3 is 20.1 Å². The lowest BCUT2D eigenvalue weighted by molar-refractivity contribution is -0.163. The first-order valence-corrected chi connectivity index (χ1v) is 17.8. The van der Waals surface area contributed by atoms with Gasteiger partial charge in [-0.05, 0) is 74.1 Å². The maximum atomic E-state index is 13.8. The van der Waals surface area contributed by atoms with Crippen molar-refractivity contribution in [2.24, 2.45) is 0 Å². The van der Waals surface area contributed by atoms with Gasteiger partial charge in [0.15, 0.2) is 0 Å². The number of hydrogen-bond donors (Lipinski definition) is 3. The Balaban J connectivity index is 0.00000461. The number of likely N-dealkylation sites (tertiary alicyclic amines) is 1. The Labute approximate surface area is 273 Å². The van der Waals surface area contributed by atoms with E-state index >= 15 is 0 Å². The molecule has 10 nitrogen and oxygen atoms in total. The summed E-state index contributed by atoms with van der Waals surface area (Å²) in [6, 6.07) is 13.9. The zero-order valence-corrected chi connectivity index (χ0v) is 27.9. The summed E-state index contributed by atoms with van der Waals surface area (Å²) in [4.78, 5) is 31.7. The van der Waals surface area contributed by atoms with Gasteiger partial charge in [-0.1, -0.05) is 44.7 Å². The number of carbonyl (C=O) groups excluding carboxylic acids is 2. The van der Waals surface area contributed by atoms with Crippen LogP contribution in [0.2, 0.25) is 0 Å². The van der Waals surface area contributed by atoms with E-state index in [1.807, 2.05) is 29.2 Å². The molecule has 0 bridgehead atoms. The number of amides is 2. The minimum absolute atomic E-state index is 0. The fraction of sp³-hybridized carbons (Fsp3) is 0.576. The highest BCUT2D eigenvalue weighted by molar-refractivity contribution is 7.92. The monoisotopic (exact) mass is 662 g/mol. The summed E-state index contributed by atoms with van der Waals surface area (Å²) in [6.45, 7) is 4.78. The molecule has 0 radical (unpaired) electrons. The number of unbranched alkanes of at least 4 members (excludes halogenated alkanes) is 1. The van der Waals surface area contributed by atoms with Gasteiger partial charge in [-0.15, -0.1) is 12.4 Å². The summed E-state index contributed by atoms with van der Waals surface area (Å²) in [5.41, 5.74) is -0.120. The number of nitrogens with one attached hydrogen (secondary N) is 2. The zero-order valence-electron chi connectivity index (χ0n) is 26.3. The number of hydrogen-bond acceptors (Lipinski definition) is 7. The number of carbonyl (C=O) groups is 2. The summed E-state index contributed by atoms with van der Waals surface area (Å²) in [5.74, 6) is 1.16. The summed E-state index contributed by atoms with van der Waals surface area (Å²) in [7, 11) is -3.34. The molecule has 2 aromatic rings. The van der Waals surface area contributed by atoms with Crippen LogP contribution >= 0.6 is 12.4 Å². The Morgan fingerprint density at radius 3 is 2.13 bits per heavy atom. The van der Waals surface area contributed by atoms with E-state index in [1.54, 1.807) is 24.3 Å². The number of piperazine rings is 1. The second-order valence-corrected chi connectivity index (χ2v) is 14.6. The molecule has 0 unspecified atom stereocenters. The first kappa shape index (κ1) is 35.0. The van der Waals surface area contributed by atoms with Crippen LogP contribution in [0.4, 0.5) is 5.69 Å². The van der Waals surface area contributed by atoms with Gasteiger partial charge in [0.25, 0.3) is 0 Å². The van der Waals surface area contributed by atoms with Gasteiger partial charge in [0.2, 0.25) is 21.8 Å². The molecule has 2 heterocycles. The highest BCUT2D eigenvalue weighted by atomic mass is 35.5. The van der Waals surface area contributed by atoms with Crippen molar-refractivity contribution < 1.29 is 27.9 Å². The fourth-order valence-electron chi connectivity index (χ4n) is 6.89. The van der Waals surface area contributed by atoms with E-state index in [0.717, 1.165) is 50.5 Å². The van der Waals surface area contributed by atoms with Crippen molar-refractivity contribution in [1.82, 2.24) is 15.1 Å². The van der Waals surface area contributed by atoms with Crippen LogP contribution < -0.4 is 14.8 Å². The molecular formula is C33H47ClN4O6S. The average molecular weight is 663 g/mol. The number of sulfonamides is 1. The standard InChI is InChI=1S/C33H46N4O6S.ClH/c1-3-4-20-37-30(38)29(23-32(40)16-6-5-7-17-32)34-31(39)33(37)18-21-36(22-19-33)24-25-8-12-27(13-9-25)43-28-14-10-26(11-15-28)35-44(2,41)42;/h8-15,29,35,40H,3-7,16-24H2,1-2H3,(H,34,39);1H/t29-;/m1./s1. The second kappa shape index (κ2) is 14.7. The van der Waals surface area contributed by atoms with E-state index in [9.17, 15) is 23.1 Å². The van der Waals surface area contributed by atoms with Crippen LogP contribution in [0, 0.1) is 0 Å². The van der Waals surface area contributed by atoms with E-state index in [1.165, 1.54) is 0 Å². The smallest absolute Gasteiger partial charge is 0.246 e. The Morgan fingerprint density at radius 1 is 0.956 bits per heavy atom. The van der Waals surface area contributed by atoms with Crippen LogP contribution in [0.25, 0.3) is 0 Å². The first-order chi connectivity index (χ1) is 21.0. The molecule has 12 heteroatoms. The lowest BCUT2D eigenvalue weighted by atomic mass is 9.77. The number of piperidine rings is 1. The van der Waals surface area contributed by atoms with Gasteiger partial charge >= 0.3 is 0 Å². The summed E-state index contributed by atoms with van der Waals surface area (Å²) in [6.07, 6.45) is 8.75. The number of anilines is 1. The lowest BCUT2D eigenvalue weighted by Crippen LogP contribution is -2.73. The van der Waals surface area contributed by atoms with Crippen molar-refractivity contribution in [2.75, 3.05) is 30.6 Å². The van der Waals surface area contributed by atoms with E-state index in [0.29, 0.717) is 68.9 Å². The molecule has 1 saturated carbocycles. The second-order valence-electron chi connectivity index (χ2n) is 12.8. The Bertz CT molecular complexity index is 1410. The van der Waals surface area contributed by atoms with Crippen LogP contribution in [0.5, 0.6) is 11.5 Å². The van der Waals surface area contributed by atoms with Gasteiger partial charge in [-0.2, -0.15) is 0 Å². The Hall–Kier alpha value is -2.86. The number of nitrogens with zero attached hydrogens (tertiary/aromatic N) is 2. The normalized spacial score (nSPS) is 21.6. The Kier molecular flexibility index (Phi) is 11.4. The van der Waals surface area contributed by atoms with E-state index in [2.05, 4.69) is 21.9 Å². The number of benzene rings is 2. The van der Waals surface area contributed by atoms with Crippen LogP contribution in [0.15, 0.2) is 48.5 Å². The molecule has 3 fully saturated rings. The van der Waals surface area contributed by atoms with Crippen molar-refractivity contribution in [2.45, 2.75) is 94.9 Å². The van der Waals surface area contributed by atoms with E-state index < -0.39 is 27.2 Å². The third kappa shape index (κ3) is 8.69. The van der Waals surface area contributed by atoms with Crippen molar-refractivity contribution in [3.63, 3.8) is 0 Å². The molecule has 5 rings (SSSR count). The molecule has 3 aliphatic rings. The average Bonchev–Trinajstić information content (AvgIpc) is 2.98. The lowest BCUT2D eigenvalue weighted by Gasteiger charge is -2.52. The molecule has 2 aliphatic heterocycles. The third-order valence-electron chi connectivity index (χ3n) is 9.32. The van der Waals surface area contributed by atoms with Gasteiger partial charge in [0, 0.05) is 38.3 Å². The van der Waals surface area contributed by atoms with Crippen LogP contribution in [0.1, 0.15) is 76.7 Å². The quantitative estimate of drug-likeness (QED) is 0.315. The number of aliphatic hydroxyl groups is 1. The minimum Gasteiger partial charge on any atom is -0.457 e. The molecule has 3 N–H and O–H groups in total. The molecule has 1 atom stereocenters. The van der Waals surface area contributed by atoms with Gasteiger partial charge in [0.05, 0.1) is 11.9 Å². The SMILES string of the molecule is CCCCN1C(=O)[C@@H](CC2(O)CCCCC2)NC(=O)C12CCN(Cc1ccc(Oc3ccc(NS(C)(=O)=O)cc3)cc1)CC2.Cl. The highest BCUT2D eigenvalue weighted by Crippen LogP contribution is 2.38. The van der Waals surface area contributed by atoms with Crippen LogP contribution in [0.3, 0.4) is 0 Å². The minimum atomic E-state index is -3.34. The number of halogens is 1. The predicted molar refractivity (Wildman–Crippen MR) is 177 cm³/mol. The van der Waals surface area contributed by atoms with Gasteiger partial charge in [0.1, 0.15) is 23.1 Å².